The molecule has 0 aliphatic heterocycles. The van der Waals surface area contributed by atoms with Crippen LogP contribution in [-0.2, 0) is 19.6 Å². The van der Waals surface area contributed by atoms with E-state index in [0.29, 0.717) is 0 Å². The van der Waals surface area contributed by atoms with E-state index in [4.69, 9.17) is 0 Å². The van der Waals surface area contributed by atoms with E-state index < -0.39 is 21.6 Å². The number of aromatic nitrogens is 2. The van der Waals surface area contributed by atoms with Crippen LogP contribution < -0.4 is 10.3 Å². The minimum atomic E-state index is -3.59. The van der Waals surface area contributed by atoms with Crippen LogP contribution in [0, 0.1) is 0 Å². The maximum absolute atomic E-state index is 11.6. The molecule has 0 unspecified atom stereocenters. The first-order valence-electron chi connectivity index (χ1n) is 5.06. The first-order valence-corrected chi connectivity index (χ1v) is 6.71. The van der Waals surface area contributed by atoms with Gasteiger partial charge in [-0.25, -0.2) is 13.5 Å². The standard InChI is InChI=1S/C9H13N3O5S/c1-17-9(14)3-2-6-18(15,16)12-7-4-5-8(13)11-10-7/h4-5H,2-3,6H2,1H3,(H,10,12)(H,11,13). The van der Waals surface area contributed by atoms with Crippen molar-refractivity contribution < 1.29 is 17.9 Å². The normalized spacial score (nSPS) is 10.9. The van der Waals surface area contributed by atoms with Gasteiger partial charge in [-0.2, -0.15) is 5.10 Å². The highest BCUT2D eigenvalue weighted by atomic mass is 32.2. The lowest BCUT2D eigenvalue weighted by atomic mass is 10.3. The van der Waals surface area contributed by atoms with Gasteiger partial charge in [-0.15, -0.1) is 0 Å². The number of H-pyrrole nitrogens is 1. The summed E-state index contributed by atoms with van der Waals surface area (Å²) in [5, 5.41) is 5.60. The number of ether oxygens (including phenoxy) is 1. The first kappa shape index (κ1) is 14.2. The Morgan fingerprint density at radius 1 is 1.50 bits per heavy atom. The number of sulfonamides is 1. The molecule has 1 heterocycles. The molecule has 0 amide bonds. The van der Waals surface area contributed by atoms with Crippen LogP contribution in [0.2, 0.25) is 0 Å². The van der Waals surface area contributed by atoms with E-state index in [1.54, 1.807) is 0 Å². The molecule has 1 rings (SSSR count). The lowest BCUT2D eigenvalue weighted by Crippen LogP contribution is -2.19. The molecule has 100 valence electrons. The van der Waals surface area contributed by atoms with Crippen molar-refractivity contribution in [3.05, 3.63) is 22.5 Å². The highest BCUT2D eigenvalue weighted by Crippen LogP contribution is 2.04. The number of methoxy groups -OCH3 is 1. The van der Waals surface area contributed by atoms with Crippen LogP contribution in [-0.4, -0.2) is 37.4 Å². The highest BCUT2D eigenvalue weighted by molar-refractivity contribution is 7.92. The second-order valence-electron chi connectivity index (χ2n) is 3.41. The summed E-state index contributed by atoms with van der Waals surface area (Å²) in [4.78, 5) is 21.5. The van der Waals surface area contributed by atoms with E-state index in [1.807, 2.05) is 0 Å². The SMILES string of the molecule is COC(=O)CCCS(=O)(=O)Nc1ccc(=O)[nH]n1. The summed E-state index contributed by atoms with van der Waals surface area (Å²) in [7, 11) is -2.36. The number of nitrogens with zero attached hydrogens (tertiary/aromatic N) is 1. The molecule has 0 bridgehead atoms. The molecule has 8 nitrogen and oxygen atoms in total. The lowest BCUT2D eigenvalue weighted by molar-refractivity contribution is -0.140. The fourth-order valence-corrected chi connectivity index (χ4v) is 2.18. The van der Waals surface area contributed by atoms with E-state index >= 15 is 0 Å². The molecule has 9 heteroatoms. The Kier molecular flexibility index (Phi) is 4.84. The van der Waals surface area contributed by atoms with Crippen LogP contribution in [0.5, 0.6) is 0 Å². The Labute approximate surface area is 103 Å². The average molecular weight is 275 g/mol. The van der Waals surface area contributed by atoms with Crippen LogP contribution in [0.1, 0.15) is 12.8 Å². The van der Waals surface area contributed by atoms with Crippen molar-refractivity contribution in [3.63, 3.8) is 0 Å². The lowest BCUT2D eigenvalue weighted by Gasteiger charge is -2.05. The summed E-state index contributed by atoms with van der Waals surface area (Å²) < 4.78 is 29.7. The zero-order chi connectivity index (χ0) is 13.6. The van der Waals surface area contributed by atoms with E-state index in [0.717, 1.165) is 6.07 Å². The fraction of sp³-hybridized carbons (Fsp3) is 0.444. The topological polar surface area (TPSA) is 118 Å². The van der Waals surface area contributed by atoms with Gasteiger partial charge >= 0.3 is 5.97 Å². The van der Waals surface area contributed by atoms with Crippen LogP contribution in [0.4, 0.5) is 5.82 Å². The van der Waals surface area contributed by atoms with Crippen LogP contribution in [0.25, 0.3) is 0 Å². The Morgan fingerprint density at radius 2 is 2.22 bits per heavy atom. The number of carbonyl (C=O) groups excluding carboxylic acids is 1. The van der Waals surface area contributed by atoms with Gasteiger partial charge in [0.1, 0.15) is 0 Å². The molecule has 0 saturated carbocycles. The minimum Gasteiger partial charge on any atom is -0.469 e. The molecule has 2 N–H and O–H groups in total. The maximum atomic E-state index is 11.6. The Hall–Kier alpha value is -1.90. The highest BCUT2D eigenvalue weighted by Gasteiger charge is 2.12. The van der Waals surface area contributed by atoms with Crippen molar-refractivity contribution in [1.29, 1.82) is 0 Å². The van der Waals surface area contributed by atoms with Gasteiger partial charge in [-0.1, -0.05) is 0 Å². The number of esters is 1. The van der Waals surface area contributed by atoms with E-state index in [9.17, 15) is 18.0 Å². The number of anilines is 1. The molecule has 0 saturated heterocycles. The maximum Gasteiger partial charge on any atom is 0.305 e. The summed E-state index contributed by atoms with van der Waals surface area (Å²) in [6.45, 7) is 0. The minimum absolute atomic E-state index is 0.0210. The Balaban J connectivity index is 2.52. The van der Waals surface area contributed by atoms with Gasteiger partial charge in [-0.3, -0.25) is 14.3 Å². The third-order valence-electron chi connectivity index (χ3n) is 1.96. The molecule has 0 atom stereocenters. The molecule has 0 aliphatic carbocycles. The summed E-state index contributed by atoms with van der Waals surface area (Å²) in [6.07, 6.45) is 0.168. The molecule has 0 fully saturated rings. The predicted octanol–water partition coefficient (Wildman–Crippen LogP) is -0.535. The third-order valence-corrected chi connectivity index (χ3v) is 3.31. The van der Waals surface area contributed by atoms with E-state index in [-0.39, 0.29) is 24.4 Å². The number of hydrogen-bond acceptors (Lipinski definition) is 6. The van der Waals surface area contributed by atoms with Crippen molar-refractivity contribution in [2.45, 2.75) is 12.8 Å². The molecular weight excluding hydrogens is 262 g/mol. The number of rotatable bonds is 6. The van der Waals surface area contributed by atoms with Crippen molar-refractivity contribution in [3.8, 4) is 0 Å². The zero-order valence-corrected chi connectivity index (χ0v) is 10.5. The van der Waals surface area contributed by atoms with Gasteiger partial charge in [0, 0.05) is 12.5 Å². The summed E-state index contributed by atoms with van der Waals surface area (Å²) >= 11 is 0. The summed E-state index contributed by atoms with van der Waals surface area (Å²) in [5.74, 6) is -0.678. The number of nitrogens with one attached hydrogen (secondary N) is 2. The van der Waals surface area contributed by atoms with Crippen LogP contribution in [0.15, 0.2) is 16.9 Å². The van der Waals surface area contributed by atoms with Crippen molar-refractivity contribution >= 4 is 21.8 Å². The molecular formula is C9H13N3O5S. The quantitative estimate of drug-likeness (QED) is 0.673. The predicted molar refractivity (Wildman–Crippen MR) is 63.5 cm³/mol. The number of carbonyl (C=O) groups is 1. The molecule has 18 heavy (non-hydrogen) atoms. The molecule has 0 spiro atoms. The Morgan fingerprint density at radius 3 is 2.78 bits per heavy atom. The first-order chi connectivity index (χ1) is 8.43. The second kappa shape index (κ2) is 6.15. The second-order valence-corrected chi connectivity index (χ2v) is 5.25. The van der Waals surface area contributed by atoms with Crippen molar-refractivity contribution in [2.24, 2.45) is 0 Å². The van der Waals surface area contributed by atoms with Crippen molar-refractivity contribution in [1.82, 2.24) is 10.2 Å². The van der Waals surface area contributed by atoms with Crippen LogP contribution >= 0.6 is 0 Å². The van der Waals surface area contributed by atoms with Gasteiger partial charge in [0.15, 0.2) is 5.82 Å². The molecule has 1 aromatic heterocycles. The van der Waals surface area contributed by atoms with E-state index in [1.165, 1.54) is 13.2 Å². The largest absolute Gasteiger partial charge is 0.469 e. The average Bonchev–Trinajstić information content (AvgIpc) is 2.31. The summed E-state index contributed by atoms with van der Waals surface area (Å²) in [5.41, 5.74) is -0.427. The number of hydrogen-bond donors (Lipinski definition) is 2. The monoisotopic (exact) mass is 275 g/mol. The molecule has 0 aliphatic rings. The summed E-state index contributed by atoms with van der Waals surface area (Å²) in [6, 6.07) is 2.40. The smallest absolute Gasteiger partial charge is 0.305 e. The molecule has 1 aromatic rings. The van der Waals surface area contributed by atoms with Gasteiger partial charge in [0.2, 0.25) is 10.0 Å². The van der Waals surface area contributed by atoms with Gasteiger partial charge in [-0.05, 0) is 12.5 Å². The Bertz CT molecular complexity index is 545. The third kappa shape index (κ3) is 4.95. The van der Waals surface area contributed by atoms with Crippen molar-refractivity contribution in [2.75, 3.05) is 17.6 Å². The fourth-order valence-electron chi connectivity index (χ4n) is 1.12. The van der Waals surface area contributed by atoms with Crippen LogP contribution in [0.3, 0.4) is 0 Å². The molecule has 0 aromatic carbocycles. The van der Waals surface area contributed by atoms with E-state index in [2.05, 4.69) is 19.7 Å². The molecule has 0 radical (unpaired) electrons. The van der Waals surface area contributed by atoms with Gasteiger partial charge in [0.05, 0.1) is 12.9 Å². The zero-order valence-electron chi connectivity index (χ0n) is 9.67. The van der Waals surface area contributed by atoms with Gasteiger partial charge in [0.25, 0.3) is 5.56 Å². The number of aromatic amines is 1. The van der Waals surface area contributed by atoms with Gasteiger partial charge < -0.3 is 4.74 Å².